The van der Waals surface area contributed by atoms with Gasteiger partial charge in [-0.2, -0.15) is 0 Å². The van der Waals surface area contributed by atoms with Crippen LogP contribution in [0.4, 0.5) is 4.39 Å². The van der Waals surface area contributed by atoms with Gasteiger partial charge in [-0.1, -0.05) is 42.1 Å². The SMILES string of the molecule is COc1ccc2c(CSc3nnc(-c4ccc(F)cc4)n3Cc3ccccc3)cc(=O)oc2c1. The fraction of sp³-hybridized carbons (Fsp3) is 0.115. The van der Waals surface area contributed by atoms with Crippen molar-refractivity contribution in [3.8, 4) is 17.1 Å². The highest BCUT2D eigenvalue weighted by molar-refractivity contribution is 7.98. The zero-order valence-corrected chi connectivity index (χ0v) is 19.1. The Bertz CT molecular complexity index is 1500. The summed E-state index contributed by atoms with van der Waals surface area (Å²) in [7, 11) is 1.57. The molecule has 2 aromatic heterocycles. The molecule has 6 nitrogen and oxygen atoms in total. The number of nitrogens with zero attached hydrogens (tertiary/aromatic N) is 3. The maximum Gasteiger partial charge on any atom is 0.336 e. The highest BCUT2D eigenvalue weighted by atomic mass is 32.2. The third-order valence-electron chi connectivity index (χ3n) is 5.40. The lowest BCUT2D eigenvalue weighted by atomic mass is 10.1. The molecule has 3 aromatic carbocycles. The van der Waals surface area contributed by atoms with Crippen molar-refractivity contribution in [2.75, 3.05) is 7.11 Å². The first-order valence-corrected chi connectivity index (χ1v) is 11.6. The lowest BCUT2D eigenvalue weighted by Gasteiger charge is -2.11. The van der Waals surface area contributed by atoms with Crippen molar-refractivity contribution in [3.63, 3.8) is 0 Å². The second-order valence-corrected chi connectivity index (χ2v) is 8.57. The topological polar surface area (TPSA) is 70.2 Å². The molecular formula is C26H20FN3O3S. The number of ether oxygens (including phenoxy) is 1. The predicted octanol–water partition coefficient (Wildman–Crippen LogP) is 5.54. The van der Waals surface area contributed by atoms with Crippen LogP contribution in [0, 0.1) is 5.82 Å². The Morgan fingerprint density at radius 1 is 1.00 bits per heavy atom. The van der Waals surface area contributed by atoms with Gasteiger partial charge in [0.05, 0.1) is 13.7 Å². The Balaban J connectivity index is 1.50. The van der Waals surface area contributed by atoms with Gasteiger partial charge < -0.3 is 9.15 Å². The molecule has 8 heteroatoms. The lowest BCUT2D eigenvalue weighted by molar-refractivity contribution is 0.414. The van der Waals surface area contributed by atoms with Crippen molar-refractivity contribution in [2.45, 2.75) is 17.5 Å². The van der Waals surface area contributed by atoms with E-state index in [1.54, 1.807) is 25.3 Å². The molecule has 0 radical (unpaired) electrons. The van der Waals surface area contributed by atoms with Crippen LogP contribution >= 0.6 is 11.8 Å². The number of rotatable bonds is 7. The van der Waals surface area contributed by atoms with Crippen molar-refractivity contribution in [2.24, 2.45) is 0 Å². The molecule has 5 aromatic rings. The number of benzene rings is 3. The number of halogens is 1. The standard InChI is InChI=1S/C26H20FN3O3S/c1-32-21-11-12-22-19(13-24(31)33-23(22)14-21)16-34-26-29-28-25(18-7-9-20(27)10-8-18)30(26)15-17-5-3-2-4-6-17/h2-14H,15-16H2,1H3. The molecule has 170 valence electrons. The molecule has 0 saturated heterocycles. The molecule has 0 aliphatic carbocycles. The Morgan fingerprint density at radius 2 is 1.79 bits per heavy atom. The zero-order valence-electron chi connectivity index (χ0n) is 18.3. The molecule has 0 amide bonds. The summed E-state index contributed by atoms with van der Waals surface area (Å²) in [6, 6.07) is 23.1. The summed E-state index contributed by atoms with van der Waals surface area (Å²) in [4.78, 5) is 12.2. The summed E-state index contributed by atoms with van der Waals surface area (Å²) in [6.07, 6.45) is 0. The van der Waals surface area contributed by atoms with Crippen molar-refractivity contribution >= 4 is 22.7 Å². The fourth-order valence-corrected chi connectivity index (χ4v) is 4.64. The summed E-state index contributed by atoms with van der Waals surface area (Å²) in [5.74, 6) is 1.45. The molecule has 0 atom stereocenters. The molecule has 0 unspecified atom stereocenters. The Labute approximate surface area is 199 Å². The van der Waals surface area contributed by atoms with Crippen LogP contribution in [0.15, 0.2) is 93.2 Å². The van der Waals surface area contributed by atoms with Crippen molar-refractivity contribution in [3.05, 3.63) is 106 Å². The quantitative estimate of drug-likeness (QED) is 0.228. The minimum Gasteiger partial charge on any atom is -0.497 e. The minimum absolute atomic E-state index is 0.307. The largest absolute Gasteiger partial charge is 0.497 e. The molecule has 0 bridgehead atoms. The summed E-state index contributed by atoms with van der Waals surface area (Å²) >= 11 is 1.48. The van der Waals surface area contributed by atoms with Gasteiger partial charge in [0.1, 0.15) is 17.1 Å². The summed E-state index contributed by atoms with van der Waals surface area (Å²) in [6.45, 7) is 0.553. The van der Waals surface area contributed by atoms with E-state index in [2.05, 4.69) is 10.2 Å². The average Bonchev–Trinajstić information content (AvgIpc) is 3.25. The fourth-order valence-electron chi connectivity index (χ4n) is 3.72. The monoisotopic (exact) mass is 473 g/mol. The zero-order chi connectivity index (χ0) is 23.5. The normalized spacial score (nSPS) is 11.1. The van der Waals surface area contributed by atoms with Gasteiger partial charge in [-0.15, -0.1) is 10.2 Å². The molecule has 0 fully saturated rings. The molecule has 0 aliphatic rings. The molecule has 2 heterocycles. The van der Waals surface area contributed by atoms with Gasteiger partial charge in [0.2, 0.25) is 0 Å². The molecule has 0 spiro atoms. The average molecular weight is 474 g/mol. The number of hydrogen-bond donors (Lipinski definition) is 0. The maximum absolute atomic E-state index is 13.5. The Morgan fingerprint density at radius 3 is 2.56 bits per heavy atom. The smallest absolute Gasteiger partial charge is 0.336 e. The van der Waals surface area contributed by atoms with Gasteiger partial charge in [0.25, 0.3) is 0 Å². The van der Waals surface area contributed by atoms with Crippen LogP contribution in [-0.4, -0.2) is 21.9 Å². The third kappa shape index (κ3) is 4.58. The van der Waals surface area contributed by atoms with Crippen LogP contribution in [0.3, 0.4) is 0 Å². The second-order valence-electron chi connectivity index (χ2n) is 7.63. The molecule has 0 N–H and O–H groups in total. The predicted molar refractivity (Wildman–Crippen MR) is 130 cm³/mol. The number of aromatic nitrogens is 3. The van der Waals surface area contributed by atoms with Crippen molar-refractivity contribution in [1.82, 2.24) is 14.8 Å². The summed E-state index contributed by atoms with van der Waals surface area (Å²) in [5.41, 5.74) is 2.74. The molecule has 34 heavy (non-hydrogen) atoms. The molecule has 5 rings (SSSR count). The maximum atomic E-state index is 13.5. The van der Waals surface area contributed by atoms with Gasteiger partial charge in [-0.25, -0.2) is 9.18 Å². The summed E-state index contributed by atoms with van der Waals surface area (Å²) in [5, 5.41) is 10.3. The summed E-state index contributed by atoms with van der Waals surface area (Å²) < 4.78 is 26.1. The molecular weight excluding hydrogens is 453 g/mol. The number of fused-ring (bicyclic) bond motifs is 1. The lowest BCUT2D eigenvalue weighted by Crippen LogP contribution is -2.05. The van der Waals surface area contributed by atoms with Crippen molar-refractivity contribution < 1.29 is 13.5 Å². The van der Waals surface area contributed by atoms with Crippen LogP contribution in [0.5, 0.6) is 5.75 Å². The van der Waals surface area contributed by atoms with E-state index >= 15 is 0 Å². The minimum atomic E-state index is -0.422. The van der Waals surface area contributed by atoms with Crippen LogP contribution in [0.25, 0.3) is 22.4 Å². The van der Waals surface area contributed by atoms with Crippen LogP contribution in [-0.2, 0) is 12.3 Å². The van der Waals surface area contributed by atoms with E-state index in [0.29, 0.717) is 34.6 Å². The van der Waals surface area contributed by atoms with Crippen LogP contribution in [0.1, 0.15) is 11.1 Å². The number of hydrogen-bond acceptors (Lipinski definition) is 6. The molecule has 0 saturated carbocycles. The van der Waals surface area contributed by atoms with Gasteiger partial charge in [0.15, 0.2) is 11.0 Å². The van der Waals surface area contributed by atoms with E-state index in [4.69, 9.17) is 9.15 Å². The van der Waals surface area contributed by atoms with E-state index in [1.807, 2.05) is 47.0 Å². The Hall–Kier alpha value is -3.91. The van der Waals surface area contributed by atoms with E-state index in [9.17, 15) is 9.18 Å². The highest BCUT2D eigenvalue weighted by Crippen LogP contribution is 2.30. The Kier molecular flexibility index (Phi) is 6.14. The van der Waals surface area contributed by atoms with E-state index in [1.165, 1.54) is 30.0 Å². The first-order valence-electron chi connectivity index (χ1n) is 10.6. The van der Waals surface area contributed by atoms with Gasteiger partial charge in [0, 0.05) is 28.8 Å². The highest BCUT2D eigenvalue weighted by Gasteiger charge is 2.16. The van der Waals surface area contributed by atoms with Crippen LogP contribution in [0.2, 0.25) is 0 Å². The number of thioether (sulfide) groups is 1. The second kappa shape index (κ2) is 9.52. The van der Waals surface area contributed by atoms with Crippen LogP contribution < -0.4 is 10.4 Å². The van der Waals surface area contributed by atoms with Crippen molar-refractivity contribution in [1.29, 1.82) is 0 Å². The number of methoxy groups -OCH3 is 1. The first-order chi connectivity index (χ1) is 16.6. The van der Waals surface area contributed by atoms with Gasteiger partial charge >= 0.3 is 5.63 Å². The van der Waals surface area contributed by atoms with Gasteiger partial charge in [-0.3, -0.25) is 4.57 Å². The van der Waals surface area contributed by atoms with E-state index < -0.39 is 5.63 Å². The van der Waals surface area contributed by atoms with E-state index in [-0.39, 0.29) is 5.82 Å². The van der Waals surface area contributed by atoms with Gasteiger partial charge in [-0.05, 0) is 47.5 Å². The van der Waals surface area contributed by atoms with E-state index in [0.717, 1.165) is 22.1 Å². The molecule has 0 aliphatic heterocycles. The third-order valence-corrected chi connectivity index (χ3v) is 6.41. The first kappa shape index (κ1) is 21.9.